The largest absolute Gasteiger partial charge is 0.490 e. The molecule has 1 saturated carbocycles. The molecular formula is C31H34N4O5. The van der Waals surface area contributed by atoms with Crippen LogP contribution in [0.5, 0.6) is 5.75 Å². The van der Waals surface area contributed by atoms with E-state index >= 15 is 0 Å². The Morgan fingerprint density at radius 1 is 1.18 bits per heavy atom. The number of aromatic nitrogens is 3. The molecule has 0 unspecified atom stereocenters. The summed E-state index contributed by atoms with van der Waals surface area (Å²) in [7, 11) is 3.67. The number of benzene rings is 1. The second kappa shape index (κ2) is 11.0. The van der Waals surface area contributed by atoms with Gasteiger partial charge in [0.2, 0.25) is 5.91 Å². The van der Waals surface area contributed by atoms with Gasteiger partial charge in [0.15, 0.2) is 0 Å². The van der Waals surface area contributed by atoms with Gasteiger partial charge in [-0.3, -0.25) is 4.79 Å². The Labute approximate surface area is 233 Å². The third-order valence-electron chi connectivity index (χ3n) is 7.78. The van der Waals surface area contributed by atoms with Gasteiger partial charge < -0.3 is 28.8 Å². The Balaban J connectivity index is 1.29. The van der Waals surface area contributed by atoms with Crippen molar-refractivity contribution in [2.75, 3.05) is 25.6 Å². The summed E-state index contributed by atoms with van der Waals surface area (Å²) in [4.78, 5) is 21.1. The number of carbonyl (C=O) groups is 1. The maximum atomic E-state index is 11.7. The van der Waals surface area contributed by atoms with Crippen LogP contribution in [0.2, 0.25) is 0 Å². The number of nitrogens with zero attached hydrogens (tertiary/aromatic N) is 3. The van der Waals surface area contributed by atoms with Crippen molar-refractivity contribution in [3.63, 3.8) is 0 Å². The molecule has 4 aromatic rings. The summed E-state index contributed by atoms with van der Waals surface area (Å²) in [5, 5.41) is 3.72. The van der Waals surface area contributed by atoms with Gasteiger partial charge in [-0.1, -0.05) is 30.3 Å². The first kappa shape index (κ1) is 26.4. The van der Waals surface area contributed by atoms with Crippen LogP contribution >= 0.6 is 0 Å². The number of carbonyl (C=O) groups excluding carboxylic acids is 1. The number of methoxy groups -OCH3 is 1. The first-order chi connectivity index (χ1) is 19.4. The molecule has 1 amide bonds. The topological polar surface area (TPSA) is 96.7 Å². The van der Waals surface area contributed by atoms with Crippen LogP contribution in [0.1, 0.15) is 37.4 Å². The van der Waals surface area contributed by atoms with Crippen LogP contribution in [0, 0.1) is 0 Å². The fourth-order valence-electron chi connectivity index (χ4n) is 5.42. The summed E-state index contributed by atoms with van der Waals surface area (Å²) in [6.45, 7) is 3.12. The maximum absolute atomic E-state index is 11.7. The highest BCUT2D eigenvalue weighted by Gasteiger charge is 2.39. The molecule has 1 aromatic carbocycles. The SMILES string of the molecule is CO[C@@]1(c2cc(OC3CC(OCc4ccccc4)C3)cc(-c3cn(C)c4cnc(NC(C)=O)cc34)n2)CCOC1. The molecule has 1 aliphatic heterocycles. The molecule has 6 rings (SSSR count). The number of ether oxygens (including phenoxy) is 4. The molecule has 1 N–H and O–H groups in total. The third-order valence-corrected chi connectivity index (χ3v) is 7.78. The summed E-state index contributed by atoms with van der Waals surface area (Å²) in [5.74, 6) is 1.06. The predicted octanol–water partition coefficient (Wildman–Crippen LogP) is 4.98. The van der Waals surface area contributed by atoms with Gasteiger partial charge in [-0.2, -0.15) is 0 Å². The minimum Gasteiger partial charge on any atom is -0.490 e. The minimum atomic E-state index is -0.636. The van der Waals surface area contributed by atoms with Crippen molar-refractivity contribution in [1.82, 2.24) is 14.5 Å². The van der Waals surface area contributed by atoms with Crippen molar-refractivity contribution in [3.05, 3.63) is 72.2 Å². The lowest BCUT2D eigenvalue weighted by atomic mass is 9.91. The molecule has 208 valence electrons. The van der Waals surface area contributed by atoms with Crippen LogP contribution in [0.25, 0.3) is 22.2 Å². The summed E-state index contributed by atoms with van der Waals surface area (Å²) in [6, 6.07) is 16.1. The van der Waals surface area contributed by atoms with Crippen molar-refractivity contribution < 1.29 is 23.7 Å². The lowest BCUT2D eigenvalue weighted by molar-refractivity contribution is -0.114. The summed E-state index contributed by atoms with van der Waals surface area (Å²) in [6.07, 6.45) is 6.40. The molecular weight excluding hydrogens is 508 g/mol. The normalized spacial score (nSPS) is 22.3. The number of rotatable bonds is 9. The number of amides is 1. The molecule has 9 heteroatoms. The number of fused-ring (bicyclic) bond motifs is 1. The third kappa shape index (κ3) is 5.32. The monoisotopic (exact) mass is 542 g/mol. The highest BCUT2D eigenvalue weighted by atomic mass is 16.6. The van der Waals surface area contributed by atoms with Crippen molar-refractivity contribution >= 4 is 22.6 Å². The Hall–Kier alpha value is -3.79. The van der Waals surface area contributed by atoms with Crippen LogP contribution in [-0.2, 0) is 38.3 Å². The zero-order valence-electron chi connectivity index (χ0n) is 23.1. The molecule has 9 nitrogen and oxygen atoms in total. The number of nitrogens with one attached hydrogen (secondary N) is 1. The Bertz CT molecular complexity index is 1510. The van der Waals surface area contributed by atoms with Crippen molar-refractivity contribution in [2.24, 2.45) is 7.05 Å². The van der Waals surface area contributed by atoms with Crippen LogP contribution in [0.4, 0.5) is 5.82 Å². The quantitative estimate of drug-likeness (QED) is 0.319. The summed E-state index contributed by atoms with van der Waals surface area (Å²) >= 11 is 0. The molecule has 40 heavy (non-hydrogen) atoms. The van der Waals surface area contributed by atoms with Gasteiger partial charge in [0, 0.05) is 76.2 Å². The fourth-order valence-corrected chi connectivity index (χ4v) is 5.42. The number of pyridine rings is 2. The van der Waals surface area contributed by atoms with Gasteiger partial charge in [-0.25, -0.2) is 9.97 Å². The Morgan fingerprint density at radius 3 is 2.73 bits per heavy atom. The Kier molecular flexibility index (Phi) is 7.27. The first-order valence-electron chi connectivity index (χ1n) is 13.6. The van der Waals surface area contributed by atoms with E-state index in [2.05, 4.69) is 22.4 Å². The first-order valence-corrected chi connectivity index (χ1v) is 13.6. The molecule has 0 spiro atoms. The standard InChI is InChI=1S/C31H34N4O5/c1-20(36)33-30-15-25-26(17-35(2)28(25)16-32-30)27-13-24(14-29(34-27)31(37-3)9-10-38-19-31)40-23-11-22(12-23)39-18-21-7-5-4-6-8-21/h4-8,13-17,22-23H,9-12,18-19H2,1-3H3,(H,32,33,36)/t22?,23?,31-/m0/s1. The van der Waals surface area contributed by atoms with E-state index in [1.165, 1.54) is 12.5 Å². The highest BCUT2D eigenvalue weighted by Crippen LogP contribution is 2.39. The molecule has 1 atom stereocenters. The summed E-state index contributed by atoms with van der Waals surface area (Å²) in [5.41, 5.74) is 3.93. The number of aryl methyl sites for hydroxylation is 1. The van der Waals surface area contributed by atoms with E-state index in [0.29, 0.717) is 32.1 Å². The second-order valence-corrected chi connectivity index (χ2v) is 10.6. The van der Waals surface area contributed by atoms with E-state index in [1.54, 1.807) is 13.3 Å². The average molecular weight is 543 g/mol. The van der Waals surface area contributed by atoms with Crippen molar-refractivity contribution in [2.45, 2.75) is 50.6 Å². The zero-order chi connectivity index (χ0) is 27.7. The molecule has 2 fully saturated rings. The molecule has 0 bridgehead atoms. The zero-order valence-corrected chi connectivity index (χ0v) is 23.1. The molecule has 2 aliphatic rings. The number of anilines is 1. The van der Waals surface area contributed by atoms with E-state index in [-0.39, 0.29) is 18.1 Å². The molecule has 1 aliphatic carbocycles. The van der Waals surface area contributed by atoms with Gasteiger partial charge in [-0.05, 0) is 11.6 Å². The van der Waals surface area contributed by atoms with Crippen LogP contribution in [0.3, 0.4) is 0 Å². The Morgan fingerprint density at radius 2 is 2.00 bits per heavy atom. The van der Waals surface area contributed by atoms with Crippen LogP contribution in [-0.4, -0.2) is 53.0 Å². The van der Waals surface area contributed by atoms with Crippen LogP contribution in [0.15, 0.2) is 60.9 Å². The fraction of sp³-hybridized carbons (Fsp3) is 0.387. The molecule has 4 heterocycles. The van der Waals surface area contributed by atoms with E-state index in [1.807, 2.05) is 54.2 Å². The van der Waals surface area contributed by atoms with E-state index in [9.17, 15) is 4.79 Å². The van der Waals surface area contributed by atoms with Crippen LogP contribution < -0.4 is 10.1 Å². The lowest BCUT2D eigenvalue weighted by Crippen LogP contribution is -2.39. The van der Waals surface area contributed by atoms with Gasteiger partial charge in [-0.15, -0.1) is 0 Å². The maximum Gasteiger partial charge on any atom is 0.222 e. The molecule has 1 saturated heterocycles. The predicted molar refractivity (Wildman–Crippen MR) is 151 cm³/mol. The minimum absolute atomic E-state index is 0.0604. The van der Waals surface area contributed by atoms with E-state index in [4.69, 9.17) is 23.9 Å². The lowest BCUT2D eigenvalue weighted by Gasteiger charge is -2.35. The number of hydrogen-bond donors (Lipinski definition) is 1. The smallest absolute Gasteiger partial charge is 0.222 e. The highest BCUT2D eigenvalue weighted by molar-refractivity contribution is 5.98. The van der Waals surface area contributed by atoms with Gasteiger partial charge in [0.05, 0.1) is 42.4 Å². The summed E-state index contributed by atoms with van der Waals surface area (Å²) < 4.78 is 26.3. The van der Waals surface area contributed by atoms with Crippen molar-refractivity contribution in [1.29, 1.82) is 0 Å². The number of hydrogen-bond acceptors (Lipinski definition) is 7. The van der Waals surface area contributed by atoms with Gasteiger partial charge in [0.1, 0.15) is 23.3 Å². The molecule has 3 aromatic heterocycles. The van der Waals surface area contributed by atoms with E-state index < -0.39 is 5.60 Å². The average Bonchev–Trinajstić information content (AvgIpc) is 3.55. The van der Waals surface area contributed by atoms with E-state index in [0.717, 1.165) is 46.4 Å². The second-order valence-electron chi connectivity index (χ2n) is 10.6. The van der Waals surface area contributed by atoms with Crippen molar-refractivity contribution in [3.8, 4) is 17.0 Å². The molecule has 0 radical (unpaired) electrons. The van der Waals surface area contributed by atoms with Gasteiger partial charge >= 0.3 is 0 Å². The van der Waals surface area contributed by atoms with Gasteiger partial charge in [0.25, 0.3) is 0 Å².